The van der Waals surface area contributed by atoms with Crippen LogP contribution in [0.2, 0.25) is 0 Å². The van der Waals surface area contributed by atoms with Gasteiger partial charge in [0.2, 0.25) is 0 Å². The molecular weight excluding hydrogens is 342 g/mol. The molecule has 0 aliphatic carbocycles. The normalized spacial score (nSPS) is 21.9. The molecule has 0 fully saturated rings. The van der Waals surface area contributed by atoms with Gasteiger partial charge in [-0.1, -0.05) is 36.4 Å². The summed E-state index contributed by atoms with van der Waals surface area (Å²) in [6.45, 7) is 2.89. The van der Waals surface area contributed by atoms with Gasteiger partial charge in [0.15, 0.2) is 0 Å². The lowest BCUT2D eigenvalue weighted by Gasteiger charge is -2.38. The third kappa shape index (κ3) is 3.10. The number of aliphatic hydroxyl groups is 1. The lowest BCUT2D eigenvalue weighted by molar-refractivity contribution is -0.0633. The Morgan fingerprint density at radius 3 is 2.67 bits per heavy atom. The van der Waals surface area contributed by atoms with Crippen molar-refractivity contribution in [2.45, 2.75) is 25.2 Å². The Morgan fingerprint density at radius 1 is 1.15 bits per heavy atom. The zero-order valence-electron chi connectivity index (χ0n) is 15.8. The SMILES string of the molecule is COCCO[C@H]1c2ccc3c(nc(C)n3C)c2N[C@H](c2ccccc2)[C@H]1O. The molecule has 1 aliphatic rings. The standard InChI is InChI=1S/C21H25N3O3/c1-13-22-19-16(24(13)2)10-9-15-18(19)23-17(14-7-5-4-6-8-14)20(25)21(15)27-12-11-26-3/h4-10,17,20-21,23,25H,11-12H2,1-3H3/t17-,20-,21+/m1/s1. The molecule has 27 heavy (non-hydrogen) atoms. The average molecular weight is 367 g/mol. The predicted octanol–water partition coefficient (Wildman–Crippen LogP) is 3.11. The molecule has 2 heterocycles. The summed E-state index contributed by atoms with van der Waals surface area (Å²) in [5.41, 5.74) is 4.83. The maximum Gasteiger partial charge on any atom is 0.113 e. The van der Waals surface area contributed by atoms with Crippen LogP contribution in [-0.2, 0) is 16.5 Å². The highest BCUT2D eigenvalue weighted by atomic mass is 16.5. The van der Waals surface area contributed by atoms with Crippen LogP contribution in [0.1, 0.15) is 29.1 Å². The molecule has 1 aromatic heterocycles. The van der Waals surface area contributed by atoms with Crippen LogP contribution in [0.5, 0.6) is 0 Å². The van der Waals surface area contributed by atoms with Crippen molar-refractivity contribution in [1.82, 2.24) is 9.55 Å². The average Bonchev–Trinajstić information content (AvgIpc) is 2.98. The van der Waals surface area contributed by atoms with E-state index in [-0.39, 0.29) is 6.04 Å². The molecule has 0 spiro atoms. The second-order valence-corrected chi connectivity index (χ2v) is 6.92. The van der Waals surface area contributed by atoms with Crippen LogP contribution in [0.4, 0.5) is 5.69 Å². The zero-order chi connectivity index (χ0) is 19.0. The summed E-state index contributed by atoms with van der Waals surface area (Å²) in [4.78, 5) is 4.75. The monoisotopic (exact) mass is 367 g/mol. The molecule has 0 amide bonds. The molecule has 6 heteroatoms. The van der Waals surface area contributed by atoms with Crippen LogP contribution in [0.3, 0.4) is 0 Å². The topological polar surface area (TPSA) is 68.5 Å². The van der Waals surface area contributed by atoms with Gasteiger partial charge in [0.05, 0.1) is 30.5 Å². The first-order chi connectivity index (χ1) is 13.1. The Balaban J connectivity index is 1.82. The van der Waals surface area contributed by atoms with Crippen LogP contribution in [0.25, 0.3) is 11.0 Å². The van der Waals surface area contributed by atoms with E-state index >= 15 is 0 Å². The maximum absolute atomic E-state index is 11.1. The van der Waals surface area contributed by atoms with Gasteiger partial charge in [-0.25, -0.2) is 4.98 Å². The molecule has 0 saturated heterocycles. The maximum atomic E-state index is 11.1. The first kappa shape index (κ1) is 18.0. The van der Waals surface area contributed by atoms with Crippen molar-refractivity contribution in [1.29, 1.82) is 0 Å². The number of rotatable bonds is 5. The number of fused-ring (bicyclic) bond motifs is 3. The number of imidazole rings is 1. The number of hydrogen-bond donors (Lipinski definition) is 2. The molecule has 6 nitrogen and oxygen atoms in total. The molecule has 1 aliphatic heterocycles. The number of anilines is 1. The molecule has 0 unspecified atom stereocenters. The lowest BCUT2D eigenvalue weighted by atomic mass is 9.88. The predicted molar refractivity (Wildman–Crippen MR) is 105 cm³/mol. The fourth-order valence-electron chi connectivity index (χ4n) is 3.77. The molecule has 0 radical (unpaired) electrons. The third-order valence-corrected chi connectivity index (χ3v) is 5.31. The summed E-state index contributed by atoms with van der Waals surface area (Å²) in [5, 5.41) is 14.6. The van der Waals surface area contributed by atoms with Crippen LogP contribution < -0.4 is 5.32 Å². The summed E-state index contributed by atoms with van der Waals surface area (Å²) < 4.78 is 13.2. The highest BCUT2D eigenvalue weighted by Gasteiger charge is 2.38. The first-order valence-corrected chi connectivity index (χ1v) is 9.18. The van der Waals surface area contributed by atoms with Crippen LogP contribution >= 0.6 is 0 Å². The highest BCUT2D eigenvalue weighted by molar-refractivity contribution is 5.92. The molecule has 2 N–H and O–H groups in total. The molecule has 142 valence electrons. The molecule has 3 atom stereocenters. The van der Waals surface area contributed by atoms with Crippen molar-refractivity contribution < 1.29 is 14.6 Å². The minimum Gasteiger partial charge on any atom is -0.388 e. The van der Waals surface area contributed by atoms with E-state index in [2.05, 4.69) is 9.88 Å². The van der Waals surface area contributed by atoms with E-state index in [0.29, 0.717) is 13.2 Å². The fraction of sp³-hybridized carbons (Fsp3) is 0.381. The second-order valence-electron chi connectivity index (χ2n) is 6.92. The Morgan fingerprint density at radius 2 is 1.93 bits per heavy atom. The van der Waals surface area contributed by atoms with Crippen molar-refractivity contribution in [2.75, 3.05) is 25.6 Å². The molecule has 0 saturated carbocycles. The van der Waals surface area contributed by atoms with Crippen LogP contribution in [0, 0.1) is 6.92 Å². The largest absolute Gasteiger partial charge is 0.388 e. The van der Waals surface area contributed by atoms with Gasteiger partial charge in [-0.2, -0.15) is 0 Å². The number of nitrogens with zero attached hydrogens (tertiary/aromatic N) is 2. The minimum atomic E-state index is -0.723. The fourth-order valence-corrected chi connectivity index (χ4v) is 3.77. The van der Waals surface area contributed by atoms with Gasteiger partial charge in [-0.05, 0) is 18.6 Å². The molecule has 2 aromatic carbocycles. The Hall–Kier alpha value is -2.41. The van der Waals surface area contributed by atoms with Gasteiger partial charge in [-0.15, -0.1) is 0 Å². The van der Waals surface area contributed by atoms with E-state index in [9.17, 15) is 5.11 Å². The van der Waals surface area contributed by atoms with E-state index < -0.39 is 12.2 Å². The highest BCUT2D eigenvalue weighted by Crippen LogP contribution is 2.44. The second kappa shape index (κ2) is 7.31. The molecule has 3 aromatic rings. The number of hydrogen-bond acceptors (Lipinski definition) is 5. The number of benzene rings is 2. The van der Waals surface area contributed by atoms with Crippen molar-refractivity contribution in [3.8, 4) is 0 Å². The van der Waals surface area contributed by atoms with Crippen molar-refractivity contribution in [3.05, 3.63) is 59.4 Å². The van der Waals surface area contributed by atoms with Gasteiger partial charge < -0.3 is 24.5 Å². The van der Waals surface area contributed by atoms with Crippen molar-refractivity contribution in [3.63, 3.8) is 0 Å². The van der Waals surface area contributed by atoms with Gasteiger partial charge in [0.1, 0.15) is 23.5 Å². The first-order valence-electron chi connectivity index (χ1n) is 9.18. The number of methoxy groups -OCH3 is 1. The minimum absolute atomic E-state index is 0.279. The Bertz CT molecular complexity index is 939. The number of nitrogens with one attached hydrogen (secondary N) is 1. The van der Waals surface area contributed by atoms with E-state index in [4.69, 9.17) is 14.5 Å². The summed E-state index contributed by atoms with van der Waals surface area (Å²) in [7, 11) is 3.65. The number of aryl methyl sites for hydroxylation is 2. The van der Waals surface area contributed by atoms with Gasteiger partial charge in [-0.3, -0.25) is 0 Å². The molecular formula is C21H25N3O3. The smallest absolute Gasteiger partial charge is 0.113 e. The van der Waals surface area contributed by atoms with Gasteiger partial charge in [0.25, 0.3) is 0 Å². The van der Waals surface area contributed by atoms with E-state index in [0.717, 1.165) is 33.7 Å². The number of aromatic nitrogens is 2. The third-order valence-electron chi connectivity index (χ3n) is 5.31. The summed E-state index contributed by atoms with van der Waals surface area (Å²) in [6, 6.07) is 13.7. The zero-order valence-corrected chi connectivity index (χ0v) is 15.8. The summed E-state index contributed by atoms with van der Waals surface area (Å²) in [6.07, 6.45) is -1.17. The van der Waals surface area contributed by atoms with Crippen LogP contribution in [0.15, 0.2) is 42.5 Å². The van der Waals surface area contributed by atoms with E-state index in [1.807, 2.05) is 56.4 Å². The number of ether oxygens (including phenoxy) is 2. The quantitative estimate of drug-likeness (QED) is 0.678. The lowest BCUT2D eigenvalue weighted by Crippen LogP contribution is -2.37. The molecule has 4 rings (SSSR count). The summed E-state index contributed by atoms with van der Waals surface area (Å²) >= 11 is 0. The van der Waals surface area contributed by atoms with Gasteiger partial charge >= 0.3 is 0 Å². The van der Waals surface area contributed by atoms with Crippen molar-refractivity contribution in [2.24, 2.45) is 7.05 Å². The van der Waals surface area contributed by atoms with E-state index in [1.165, 1.54) is 0 Å². The Labute approximate surface area is 158 Å². The van der Waals surface area contributed by atoms with Gasteiger partial charge in [0, 0.05) is 19.7 Å². The molecule has 0 bridgehead atoms. The Kier molecular flexibility index (Phi) is 4.86. The number of aliphatic hydroxyl groups excluding tert-OH is 1. The van der Waals surface area contributed by atoms with Crippen LogP contribution in [-0.4, -0.2) is 41.1 Å². The van der Waals surface area contributed by atoms with Crippen molar-refractivity contribution >= 4 is 16.7 Å². The van der Waals surface area contributed by atoms with E-state index in [1.54, 1.807) is 7.11 Å². The summed E-state index contributed by atoms with van der Waals surface area (Å²) in [5.74, 6) is 0.944.